The molecule has 2 saturated heterocycles. The Kier molecular flexibility index (Phi) is 7.30. The maximum Gasteiger partial charge on any atom is 0.472 e. The number of aromatic amines is 1. The molecule has 4 aromatic heterocycles. The molecule has 3 aliphatic rings. The highest BCUT2D eigenvalue weighted by molar-refractivity contribution is 7.47. The minimum absolute atomic E-state index is 0.00964. The first-order valence-corrected chi connectivity index (χ1v) is 16.3. The molecule has 0 spiro atoms. The van der Waals surface area contributed by atoms with E-state index in [-0.39, 0.29) is 40.5 Å². The van der Waals surface area contributed by atoms with Gasteiger partial charge in [0.15, 0.2) is 28.9 Å². The van der Waals surface area contributed by atoms with Crippen molar-refractivity contribution in [2.75, 3.05) is 24.7 Å². The lowest BCUT2D eigenvalue weighted by molar-refractivity contribution is -0.0612. The molecule has 4 aromatic rings. The van der Waals surface area contributed by atoms with Crippen molar-refractivity contribution in [2.24, 2.45) is 5.92 Å². The van der Waals surface area contributed by atoms with Crippen LogP contribution < -0.4 is 17.0 Å². The molecule has 7 rings (SSSR count). The number of fused-ring (bicyclic) bond motifs is 5. The van der Waals surface area contributed by atoms with E-state index in [4.69, 9.17) is 34.3 Å². The second kappa shape index (κ2) is 10.9. The van der Waals surface area contributed by atoms with Crippen molar-refractivity contribution >= 4 is 49.7 Å². The van der Waals surface area contributed by atoms with E-state index in [1.54, 1.807) is 0 Å². The fraction of sp³-hybridized carbons (Fsp3) is 0.524. The van der Waals surface area contributed by atoms with Gasteiger partial charge in [0.2, 0.25) is 5.95 Å². The van der Waals surface area contributed by atoms with Gasteiger partial charge in [-0.05, 0) is 6.42 Å². The lowest BCUT2D eigenvalue weighted by Gasteiger charge is -2.27. The third-order valence-electron chi connectivity index (χ3n) is 7.89. The fourth-order valence-corrected chi connectivity index (χ4v) is 7.81. The van der Waals surface area contributed by atoms with Crippen molar-refractivity contribution in [3.8, 4) is 0 Å². The Bertz CT molecular complexity index is 1940. The number of imidazole rings is 2. The van der Waals surface area contributed by atoms with Crippen LogP contribution in [0.25, 0.3) is 22.3 Å². The van der Waals surface area contributed by atoms with Crippen molar-refractivity contribution in [3.63, 3.8) is 0 Å². The van der Waals surface area contributed by atoms with Gasteiger partial charge < -0.3 is 40.8 Å². The summed E-state index contributed by atoms with van der Waals surface area (Å²) in [4.78, 5) is 56.1. The van der Waals surface area contributed by atoms with Gasteiger partial charge in [-0.2, -0.15) is 4.98 Å². The molecule has 6 heterocycles. The Labute approximate surface area is 250 Å². The fourth-order valence-electron chi connectivity index (χ4n) is 5.83. The zero-order valence-electron chi connectivity index (χ0n) is 22.7. The second-order valence-electron chi connectivity index (χ2n) is 10.6. The molecule has 2 unspecified atom stereocenters. The Hall–Kier alpha value is -3.40. The predicted octanol–water partition coefficient (Wildman–Crippen LogP) is -1.68. The van der Waals surface area contributed by atoms with E-state index < -0.39 is 83.1 Å². The van der Waals surface area contributed by atoms with Crippen LogP contribution in [-0.4, -0.2) is 103 Å². The van der Waals surface area contributed by atoms with Gasteiger partial charge in [0.1, 0.15) is 42.4 Å². The first-order chi connectivity index (χ1) is 21.3. The van der Waals surface area contributed by atoms with Gasteiger partial charge in [0, 0.05) is 5.92 Å². The van der Waals surface area contributed by atoms with Crippen LogP contribution in [0.4, 0.5) is 11.8 Å². The van der Waals surface area contributed by atoms with E-state index in [2.05, 4.69) is 29.9 Å². The molecule has 9 N–H and O–H groups in total. The number of aliphatic hydroxyl groups is 2. The summed E-state index contributed by atoms with van der Waals surface area (Å²) >= 11 is 0. The number of aliphatic hydroxyl groups excluding tert-OH is 2. The summed E-state index contributed by atoms with van der Waals surface area (Å²) in [5.74, 6) is -1.15. The molecule has 10 atom stereocenters. The number of ether oxygens (including phenoxy) is 1. The summed E-state index contributed by atoms with van der Waals surface area (Å²) < 4.78 is 56.0. The minimum atomic E-state index is -5.03. The van der Waals surface area contributed by atoms with Gasteiger partial charge in [-0.15, -0.1) is 0 Å². The molecule has 45 heavy (non-hydrogen) atoms. The number of anilines is 2. The first-order valence-electron chi connectivity index (χ1n) is 13.3. The van der Waals surface area contributed by atoms with Gasteiger partial charge >= 0.3 is 15.6 Å². The molecule has 242 valence electrons. The van der Waals surface area contributed by atoms with E-state index in [0.717, 1.165) is 10.9 Å². The van der Waals surface area contributed by atoms with E-state index >= 15 is 0 Å². The summed E-state index contributed by atoms with van der Waals surface area (Å²) in [6, 6.07) is -0.863. The maximum absolute atomic E-state index is 13.2. The van der Waals surface area contributed by atoms with Crippen LogP contribution >= 0.6 is 15.6 Å². The quantitative estimate of drug-likeness (QED) is 0.117. The number of hydrogen-bond acceptors (Lipinski definition) is 17. The number of nitrogen functional groups attached to an aromatic ring is 2. The van der Waals surface area contributed by atoms with Crippen molar-refractivity contribution < 1.29 is 52.0 Å². The third kappa shape index (κ3) is 5.32. The Morgan fingerprint density at radius 1 is 0.889 bits per heavy atom. The smallest absolute Gasteiger partial charge is 0.388 e. The van der Waals surface area contributed by atoms with Crippen molar-refractivity contribution in [3.05, 3.63) is 29.3 Å². The van der Waals surface area contributed by atoms with Crippen LogP contribution in [0.3, 0.4) is 0 Å². The average molecular weight is 672 g/mol. The highest BCUT2D eigenvalue weighted by Gasteiger charge is 2.53. The number of aromatic nitrogens is 8. The molecule has 1 saturated carbocycles. The predicted molar refractivity (Wildman–Crippen MR) is 147 cm³/mol. The van der Waals surface area contributed by atoms with Crippen LogP contribution in [-0.2, 0) is 32.0 Å². The van der Waals surface area contributed by atoms with Crippen LogP contribution in [0.15, 0.2) is 23.8 Å². The molecule has 22 nitrogen and oxygen atoms in total. The zero-order valence-corrected chi connectivity index (χ0v) is 24.5. The van der Waals surface area contributed by atoms with E-state index in [9.17, 15) is 33.9 Å². The van der Waals surface area contributed by atoms with Crippen LogP contribution in [0.5, 0.6) is 0 Å². The number of phosphoric ester groups is 2. The van der Waals surface area contributed by atoms with Gasteiger partial charge in [-0.3, -0.25) is 32.4 Å². The Morgan fingerprint density at radius 2 is 1.58 bits per heavy atom. The Balaban J connectivity index is 1.21. The minimum Gasteiger partial charge on any atom is -0.388 e. The normalized spacial score (nSPS) is 37.7. The van der Waals surface area contributed by atoms with Crippen molar-refractivity contribution in [1.29, 1.82) is 0 Å². The average Bonchev–Trinajstić information content (AvgIpc) is 3.72. The van der Waals surface area contributed by atoms with Gasteiger partial charge in [0.05, 0.1) is 31.9 Å². The summed E-state index contributed by atoms with van der Waals surface area (Å²) in [5, 5.41) is 22.3. The van der Waals surface area contributed by atoms with Crippen molar-refractivity contribution in [1.82, 2.24) is 39.0 Å². The van der Waals surface area contributed by atoms with Gasteiger partial charge in [-0.1, -0.05) is 0 Å². The number of H-pyrrole nitrogens is 1. The number of nitrogens with one attached hydrogen (secondary N) is 1. The van der Waals surface area contributed by atoms with Crippen molar-refractivity contribution in [2.45, 2.75) is 49.2 Å². The topological polar surface area (TPSA) is 320 Å². The lowest BCUT2D eigenvalue weighted by Crippen LogP contribution is -2.35. The monoisotopic (exact) mass is 672 g/mol. The number of hydrogen-bond donors (Lipinski definition) is 7. The van der Waals surface area contributed by atoms with Gasteiger partial charge in [-0.25, -0.2) is 29.1 Å². The zero-order chi connectivity index (χ0) is 31.8. The van der Waals surface area contributed by atoms with E-state index in [1.165, 1.54) is 17.2 Å². The number of phosphoric acid groups is 2. The Morgan fingerprint density at radius 3 is 2.36 bits per heavy atom. The molecule has 1 aliphatic carbocycles. The highest BCUT2D eigenvalue weighted by atomic mass is 31.2. The summed E-state index contributed by atoms with van der Waals surface area (Å²) in [7, 11) is -10.0. The molecule has 3 fully saturated rings. The molecular formula is C21H26N10O12P2. The number of nitrogens with two attached hydrogens (primary N) is 2. The SMILES string of the molecule is Nc1nc2c(ncn2[C@@H]2O[C@@H]3COP(=O)(O)O[C@@H]4[C@@H](COP(=O)(O)O[C@@H]2[C@@H]3O)C[C@@H](n2cnc3c(N)ncnc32)[C@@H]4O)c(=O)[nH]1. The molecule has 0 radical (unpaired) electrons. The van der Waals surface area contributed by atoms with Crippen LogP contribution in [0.2, 0.25) is 0 Å². The second-order valence-corrected chi connectivity index (χ2v) is 13.4. The lowest BCUT2D eigenvalue weighted by atomic mass is 10.1. The van der Waals surface area contributed by atoms with Gasteiger partial charge in [0.25, 0.3) is 5.56 Å². The first kappa shape index (κ1) is 30.3. The molecule has 0 amide bonds. The molecular weight excluding hydrogens is 646 g/mol. The molecule has 0 aromatic carbocycles. The van der Waals surface area contributed by atoms with E-state index in [0.29, 0.717) is 0 Å². The summed E-state index contributed by atoms with van der Waals surface area (Å²) in [5.41, 5.74) is 11.1. The number of rotatable bonds is 2. The molecule has 2 bridgehead atoms. The summed E-state index contributed by atoms with van der Waals surface area (Å²) in [6.07, 6.45) is -5.61. The standard InChI is InChI=1S/C21H26N10O12P2/c22-16-10-17(25-4-24-16)30(5-26-10)8-1-7-2-39-44(35,36)43-15-13(33)9(3-40-45(37,38)42-14(7)12(8)32)41-20(15)31-6-27-11-18(31)28-21(23)29-19(11)34/h4-9,12-15,20,32-33H,1-3H2,(H,35,36)(H,37,38)(H2,22,24,25)(H3,23,28,29,34)/t7-,8-,9-,12+,13-,14-,15-,20-/m1/s1. The number of nitrogens with zero attached hydrogens (tertiary/aromatic N) is 7. The molecule has 24 heteroatoms. The maximum atomic E-state index is 13.2. The highest BCUT2D eigenvalue weighted by Crippen LogP contribution is 2.55. The van der Waals surface area contributed by atoms with Crippen LogP contribution in [0, 0.1) is 5.92 Å². The third-order valence-corrected chi connectivity index (χ3v) is 9.86. The molecule has 2 aliphatic heterocycles. The summed E-state index contributed by atoms with van der Waals surface area (Å²) in [6.45, 7) is -1.39. The largest absolute Gasteiger partial charge is 0.472 e. The van der Waals surface area contributed by atoms with Crippen LogP contribution in [0.1, 0.15) is 18.7 Å². The van der Waals surface area contributed by atoms with E-state index in [1.807, 2.05) is 0 Å².